The molecule has 1 atom stereocenters. The van der Waals surface area contributed by atoms with E-state index in [1.807, 2.05) is 6.92 Å². The van der Waals surface area contributed by atoms with E-state index in [9.17, 15) is 13.0 Å². The molecule has 0 aromatic carbocycles. The third kappa shape index (κ3) is 4.51. The van der Waals surface area contributed by atoms with E-state index in [4.69, 9.17) is 0 Å². The summed E-state index contributed by atoms with van der Waals surface area (Å²) in [6.45, 7) is 5.35. The summed E-state index contributed by atoms with van der Waals surface area (Å²) in [7, 11) is -4.16. The summed E-state index contributed by atoms with van der Waals surface area (Å²) >= 11 is 0. The van der Waals surface area contributed by atoms with Crippen LogP contribution in [0.4, 0.5) is 0 Å². The Hall–Kier alpha value is -0.350. The molecule has 0 rings (SSSR count). The van der Waals surface area contributed by atoms with Crippen LogP contribution in [0.15, 0.2) is 12.7 Å². The minimum absolute atomic E-state index is 0.406. The maximum absolute atomic E-state index is 10.5. The Balaban J connectivity index is 3.94. The summed E-state index contributed by atoms with van der Waals surface area (Å²) in [5, 5.41) is -0.899. The Bertz CT molecular complexity index is 218. The van der Waals surface area contributed by atoms with Crippen LogP contribution in [0.25, 0.3) is 0 Å². The fourth-order valence-electron chi connectivity index (χ4n) is 0.976. The fraction of sp³-hybridized carbons (Fsp3) is 0.750. The van der Waals surface area contributed by atoms with Crippen molar-refractivity contribution in [1.29, 1.82) is 0 Å². The molecule has 0 spiro atoms. The summed E-state index contributed by atoms with van der Waals surface area (Å²) in [6.07, 6.45) is 4.37. The zero-order valence-corrected chi connectivity index (χ0v) is 8.14. The molecule has 4 heteroatoms. The quantitative estimate of drug-likeness (QED) is 0.475. The molecular formula is C8H15O3S. The Morgan fingerprint density at radius 3 is 2.33 bits per heavy atom. The normalized spacial score (nSPS) is 14.2. The summed E-state index contributed by atoms with van der Waals surface area (Å²) in [6, 6.07) is 0. The lowest BCUT2D eigenvalue weighted by Gasteiger charge is -2.05. The van der Waals surface area contributed by atoms with Crippen LogP contribution in [0, 0.1) is 0 Å². The van der Waals surface area contributed by atoms with E-state index in [1.165, 1.54) is 6.08 Å². The molecular weight excluding hydrogens is 176 g/mol. The van der Waals surface area contributed by atoms with E-state index in [2.05, 4.69) is 6.58 Å². The van der Waals surface area contributed by atoms with Crippen molar-refractivity contribution in [3.63, 3.8) is 0 Å². The lowest BCUT2D eigenvalue weighted by Crippen LogP contribution is -2.16. The van der Waals surface area contributed by atoms with E-state index in [0.29, 0.717) is 6.42 Å². The Labute approximate surface area is 74.2 Å². The standard InChI is InChI=1S/C8H15O3S/c1-3-5-6-7-8(4-2)12(9,10)11/h4,8H,2-3,5-7H2,1H3. The van der Waals surface area contributed by atoms with E-state index in [1.54, 1.807) is 0 Å². The zero-order valence-electron chi connectivity index (χ0n) is 7.32. The van der Waals surface area contributed by atoms with Crippen molar-refractivity contribution in [2.75, 3.05) is 0 Å². The average molecular weight is 191 g/mol. The van der Waals surface area contributed by atoms with Gasteiger partial charge in [0.05, 0.1) is 0 Å². The summed E-state index contributed by atoms with van der Waals surface area (Å²) in [5.74, 6) is 0. The van der Waals surface area contributed by atoms with Gasteiger partial charge in [-0.25, -0.2) is 0 Å². The molecule has 12 heavy (non-hydrogen) atoms. The molecule has 0 N–H and O–H groups in total. The van der Waals surface area contributed by atoms with E-state index in [-0.39, 0.29) is 0 Å². The molecule has 1 unspecified atom stereocenters. The molecule has 0 aliphatic rings. The Morgan fingerprint density at radius 2 is 2.00 bits per heavy atom. The largest absolute Gasteiger partial charge is 0.301 e. The van der Waals surface area contributed by atoms with Crippen molar-refractivity contribution in [3.05, 3.63) is 12.7 Å². The predicted molar refractivity (Wildman–Crippen MR) is 47.7 cm³/mol. The van der Waals surface area contributed by atoms with Gasteiger partial charge in [0.1, 0.15) is 5.25 Å². The van der Waals surface area contributed by atoms with Gasteiger partial charge in [-0.3, -0.25) is 0 Å². The zero-order chi connectivity index (χ0) is 9.61. The lowest BCUT2D eigenvalue weighted by molar-refractivity contribution is 0.404. The number of unbranched alkanes of at least 4 members (excludes halogenated alkanes) is 2. The number of hydrogen-bond acceptors (Lipinski definition) is 2. The molecule has 0 heterocycles. The first-order valence-electron chi connectivity index (χ1n) is 4.09. The van der Waals surface area contributed by atoms with Crippen molar-refractivity contribution >= 4 is 10.1 Å². The van der Waals surface area contributed by atoms with Crippen molar-refractivity contribution in [3.8, 4) is 0 Å². The predicted octanol–water partition coefficient (Wildman–Crippen LogP) is 1.88. The molecule has 0 saturated heterocycles. The third-order valence-corrected chi connectivity index (χ3v) is 2.90. The number of rotatable bonds is 6. The fourth-order valence-corrected chi connectivity index (χ4v) is 1.67. The molecule has 0 aliphatic carbocycles. The van der Waals surface area contributed by atoms with Crippen LogP contribution < -0.4 is 0 Å². The molecule has 0 fully saturated rings. The highest BCUT2D eigenvalue weighted by atomic mass is 32.2. The van der Waals surface area contributed by atoms with Gasteiger partial charge < -0.3 is 0 Å². The Kier molecular flexibility index (Phi) is 5.17. The van der Waals surface area contributed by atoms with Crippen LogP contribution >= 0.6 is 0 Å². The summed E-state index contributed by atoms with van der Waals surface area (Å²) in [5.41, 5.74) is 0. The maximum atomic E-state index is 10.5. The first kappa shape index (κ1) is 11.6. The smallest absolute Gasteiger partial charge is 0.196 e. The van der Waals surface area contributed by atoms with Gasteiger partial charge in [-0.2, -0.15) is 8.42 Å². The van der Waals surface area contributed by atoms with Gasteiger partial charge >= 0.3 is 10.1 Å². The van der Waals surface area contributed by atoms with E-state index in [0.717, 1.165) is 19.3 Å². The molecule has 0 bridgehead atoms. The first-order valence-corrected chi connectivity index (χ1v) is 5.56. The molecule has 0 aliphatic heterocycles. The molecule has 0 aromatic heterocycles. The SMILES string of the molecule is C=CC(CCCCC)S([O])(=O)=O. The molecule has 0 saturated carbocycles. The minimum Gasteiger partial charge on any atom is -0.196 e. The van der Waals surface area contributed by atoms with Gasteiger partial charge in [0, 0.05) is 0 Å². The average Bonchev–Trinajstić information content (AvgIpc) is 1.95. The lowest BCUT2D eigenvalue weighted by atomic mass is 10.1. The van der Waals surface area contributed by atoms with Gasteiger partial charge in [-0.1, -0.05) is 36.8 Å². The molecule has 71 valence electrons. The van der Waals surface area contributed by atoms with Crippen LogP contribution in [0.5, 0.6) is 0 Å². The Morgan fingerprint density at radius 1 is 1.42 bits per heavy atom. The third-order valence-electron chi connectivity index (χ3n) is 1.73. The minimum atomic E-state index is -4.16. The van der Waals surface area contributed by atoms with E-state index < -0.39 is 15.4 Å². The summed E-state index contributed by atoms with van der Waals surface area (Å²) < 4.78 is 31.6. The van der Waals surface area contributed by atoms with Gasteiger partial charge in [-0.05, 0) is 6.42 Å². The van der Waals surface area contributed by atoms with Crippen LogP contribution in [-0.2, 0) is 14.7 Å². The van der Waals surface area contributed by atoms with Crippen LogP contribution in [0.3, 0.4) is 0 Å². The van der Waals surface area contributed by atoms with E-state index >= 15 is 0 Å². The van der Waals surface area contributed by atoms with Gasteiger partial charge in [0.15, 0.2) is 0 Å². The monoisotopic (exact) mass is 191 g/mol. The van der Waals surface area contributed by atoms with Crippen LogP contribution in [0.1, 0.15) is 32.6 Å². The topological polar surface area (TPSA) is 54.0 Å². The van der Waals surface area contributed by atoms with Crippen molar-refractivity contribution in [2.24, 2.45) is 0 Å². The van der Waals surface area contributed by atoms with Crippen molar-refractivity contribution in [1.82, 2.24) is 0 Å². The molecule has 0 amide bonds. The van der Waals surface area contributed by atoms with Gasteiger partial charge in [-0.15, -0.1) is 6.58 Å². The second-order valence-electron chi connectivity index (χ2n) is 2.76. The highest BCUT2D eigenvalue weighted by molar-refractivity contribution is 7.86. The summed E-state index contributed by atoms with van der Waals surface area (Å²) in [4.78, 5) is 0. The highest BCUT2D eigenvalue weighted by Gasteiger charge is 2.19. The van der Waals surface area contributed by atoms with Crippen molar-refractivity contribution in [2.45, 2.75) is 37.9 Å². The van der Waals surface area contributed by atoms with Crippen molar-refractivity contribution < 1.29 is 13.0 Å². The molecule has 0 aromatic rings. The van der Waals surface area contributed by atoms with Crippen LogP contribution in [0.2, 0.25) is 0 Å². The van der Waals surface area contributed by atoms with Gasteiger partial charge in [0.2, 0.25) is 0 Å². The molecule has 1 radical (unpaired) electrons. The van der Waals surface area contributed by atoms with Gasteiger partial charge in [0.25, 0.3) is 0 Å². The molecule has 3 nitrogen and oxygen atoms in total. The second-order valence-corrected chi connectivity index (χ2v) is 4.35. The highest BCUT2D eigenvalue weighted by Crippen LogP contribution is 2.11. The maximum Gasteiger partial charge on any atom is 0.301 e. The first-order chi connectivity index (χ1) is 5.52. The van der Waals surface area contributed by atoms with Crippen LogP contribution in [-0.4, -0.2) is 13.7 Å². The second kappa shape index (κ2) is 5.32. The number of hydrogen-bond donors (Lipinski definition) is 0.